The molecule has 2 aromatic rings. The Morgan fingerprint density at radius 2 is 1.21 bits per heavy atom. The van der Waals surface area contributed by atoms with E-state index in [1.165, 1.54) is 22.3 Å². The fraction of sp³-hybridized carbons (Fsp3) is 0.538. The van der Waals surface area contributed by atoms with E-state index in [0.717, 1.165) is 18.7 Å². The van der Waals surface area contributed by atoms with Crippen LogP contribution in [0.2, 0.25) is 0 Å². The van der Waals surface area contributed by atoms with E-state index in [4.69, 9.17) is 0 Å². The van der Waals surface area contributed by atoms with Crippen molar-refractivity contribution < 1.29 is 5.11 Å². The first-order valence-corrected chi connectivity index (χ1v) is 10.3. The number of hydrogen-bond acceptors (Lipinski definition) is 2. The molecule has 0 spiro atoms. The van der Waals surface area contributed by atoms with Gasteiger partial charge in [0.05, 0.1) is 5.60 Å². The molecule has 0 amide bonds. The zero-order valence-electron chi connectivity index (χ0n) is 19.4. The molecule has 2 aromatic carbocycles. The zero-order valence-corrected chi connectivity index (χ0v) is 19.4. The van der Waals surface area contributed by atoms with Crippen LogP contribution in [-0.4, -0.2) is 17.1 Å². The Hall–Kier alpha value is -1.64. The van der Waals surface area contributed by atoms with Gasteiger partial charge in [-0.05, 0) is 59.5 Å². The molecular formula is C26H39NO. The minimum atomic E-state index is -0.823. The molecule has 2 heteroatoms. The lowest BCUT2D eigenvalue weighted by atomic mass is 9.81. The minimum absolute atomic E-state index is 0.0285. The van der Waals surface area contributed by atoms with E-state index in [1.54, 1.807) is 0 Å². The van der Waals surface area contributed by atoms with Crippen LogP contribution in [0, 0.1) is 0 Å². The fourth-order valence-corrected chi connectivity index (χ4v) is 3.82. The molecule has 2 nitrogen and oxygen atoms in total. The molecule has 0 bridgehead atoms. The number of rotatable bonds is 5. The van der Waals surface area contributed by atoms with Gasteiger partial charge < -0.3 is 5.11 Å². The van der Waals surface area contributed by atoms with Crippen LogP contribution in [0.4, 0.5) is 0 Å². The first kappa shape index (κ1) is 22.6. The average molecular weight is 382 g/mol. The smallest absolute Gasteiger partial charge is 0.0840 e. The maximum atomic E-state index is 10.4. The quantitative estimate of drug-likeness (QED) is 0.672. The summed E-state index contributed by atoms with van der Waals surface area (Å²) in [5.41, 5.74) is 5.76. The van der Waals surface area contributed by atoms with Crippen molar-refractivity contribution >= 4 is 0 Å². The Bertz CT molecular complexity index is 800. The van der Waals surface area contributed by atoms with Gasteiger partial charge in [0.15, 0.2) is 0 Å². The van der Waals surface area contributed by atoms with Crippen LogP contribution in [0.15, 0.2) is 42.5 Å². The van der Waals surface area contributed by atoms with Gasteiger partial charge in [0.25, 0.3) is 0 Å². The van der Waals surface area contributed by atoms with Crippen LogP contribution in [0.1, 0.15) is 83.2 Å². The minimum Gasteiger partial charge on any atom is -0.386 e. The normalized spacial score (nSPS) is 13.2. The number of nitrogens with zero attached hydrogens (tertiary/aromatic N) is 1. The highest BCUT2D eigenvalue weighted by Crippen LogP contribution is 2.32. The SMILES string of the molecule is CN(Cc1ccccc1C(C)(C)C)Cc1ccc(C(C)(C)O)cc1C(C)(C)C. The van der Waals surface area contributed by atoms with Crippen molar-refractivity contribution in [2.24, 2.45) is 0 Å². The van der Waals surface area contributed by atoms with E-state index < -0.39 is 5.60 Å². The Morgan fingerprint density at radius 1 is 0.714 bits per heavy atom. The van der Waals surface area contributed by atoms with Gasteiger partial charge in [0, 0.05) is 13.1 Å². The van der Waals surface area contributed by atoms with Crippen LogP contribution in [-0.2, 0) is 29.5 Å². The molecule has 0 unspecified atom stereocenters. The Balaban J connectivity index is 2.31. The van der Waals surface area contributed by atoms with Gasteiger partial charge in [-0.15, -0.1) is 0 Å². The van der Waals surface area contributed by atoms with E-state index >= 15 is 0 Å². The zero-order chi connectivity index (χ0) is 21.3. The molecule has 0 aliphatic carbocycles. The van der Waals surface area contributed by atoms with Crippen LogP contribution >= 0.6 is 0 Å². The monoisotopic (exact) mass is 381 g/mol. The van der Waals surface area contributed by atoms with E-state index in [9.17, 15) is 5.11 Å². The van der Waals surface area contributed by atoms with Crippen molar-refractivity contribution in [1.82, 2.24) is 4.90 Å². The number of aliphatic hydroxyl groups is 1. The van der Waals surface area contributed by atoms with Gasteiger partial charge in [0.1, 0.15) is 0 Å². The maximum absolute atomic E-state index is 10.4. The summed E-state index contributed by atoms with van der Waals surface area (Å²) in [6.45, 7) is 19.1. The summed E-state index contributed by atoms with van der Waals surface area (Å²) >= 11 is 0. The van der Waals surface area contributed by atoms with Gasteiger partial charge in [0.2, 0.25) is 0 Å². The van der Waals surface area contributed by atoms with E-state index in [0.29, 0.717) is 0 Å². The van der Waals surface area contributed by atoms with Gasteiger partial charge in [-0.2, -0.15) is 0 Å². The highest BCUT2D eigenvalue weighted by atomic mass is 16.3. The highest BCUT2D eigenvalue weighted by Gasteiger charge is 2.24. The summed E-state index contributed by atoms with van der Waals surface area (Å²) < 4.78 is 0. The van der Waals surface area contributed by atoms with Crippen LogP contribution < -0.4 is 0 Å². The topological polar surface area (TPSA) is 23.5 Å². The summed E-state index contributed by atoms with van der Waals surface area (Å²) in [6.07, 6.45) is 0. The molecule has 0 radical (unpaired) electrons. The molecule has 0 atom stereocenters. The number of hydrogen-bond donors (Lipinski definition) is 1. The Kier molecular flexibility index (Phi) is 6.47. The lowest BCUT2D eigenvalue weighted by Gasteiger charge is -2.29. The van der Waals surface area contributed by atoms with Crippen molar-refractivity contribution in [2.75, 3.05) is 7.05 Å². The van der Waals surface area contributed by atoms with Crippen LogP contribution in [0.5, 0.6) is 0 Å². The molecular weight excluding hydrogens is 342 g/mol. The third kappa shape index (κ3) is 5.68. The van der Waals surface area contributed by atoms with Crippen molar-refractivity contribution in [2.45, 2.75) is 84.9 Å². The predicted octanol–water partition coefficient (Wildman–Crippen LogP) is 6.14. The average Bonchev–Trinajstić information content (AvgIpc) is 2.52. The van der Waals surface area contributed by atoms with Gasteiger partial charge in [-0.3, -0.25) is 4.90 Å². The lowest BCUT2D eigenvalue weighted by Crippen LogP contribution is -2.25. The lowest BCUT2D eigenvalue weighted by molar-refractivity contribution is 0.0784. The number of benzene rings is 2. The third-order valence-electron chi connectivity index (χ3n) is 5.33. The van der Waals surface area contributed by atoms with E-state index in [1.807, 2.05) is 13.8 Å². The molecule has 0 saturated carbocycles. The molecule has 28 heavy (non-hydrogen) atoms. The molecule has 1 N–H and O–H groups in total. The highest BCUT2D eigenvalue weighted by molar-refractivity contribution is 5.39. The van der Waals surface area contributed by atoms with Crippen LogP contribution in [0.3, 0.4) is 0 Å². The maximum Gasteiger partial charge on any atom is 0.0840 e. The molecule has 0 heterocycles. The largest absolute Gasteiger partial charge is 0.386 e. The summed E-state index contributed by atoms with van der Waals surface area (Å²) in [5.74, 6) is 0. The fourth-order valence-electron chi connectivity index (χ4n) is 3.82. The van der Waals surface area contributed by atoms with Gasteiger partial charge >= 0.3 is 0 Å². The molecule has 154 valence electrons. The van der Waals surface area contributed by atoms with Crippen molar-refractivity contribution in [3.8, 4) is 0 Å². The first-order chi connectivity index (χ1) is 12.7. The Labute approximate surface area is 172 Å². The molecule has 0 saturated heterocycles. The third-order valence-corrected chi connectivity index (χ3v) is 5.33. The van der Waals surface area contributed by atoms with Crippen LogP contribution in [0.25, 0.3) is 0 Å². The van der Waals surface area contributed by atoms with Gasteiger partial charge in [-0.1, -0.05) is 84.0 Å². The second-order valence-electron chi connectivity index (χ2n) is 10.8. The summed E-state index contributed by atoms with van der Waals surface area (Å²) in [5, 5.41) is 10.4. The van der Waals surface area contributed by atoms with Crippen molar-refractivity contribution in [3.63, 3.8) is 0 Å². The molecule has 0 fully saturated rings. The second-order valence-corrected chi connectivity index (χ2v) is 10.8. The molecule has 0 aliphatic rings. The summed E-state index contributed by atoms with van der Waals surface area (Å²) in [6, 6.07) is 15.2. The summed E-state index contributed by atoms with van der Waals surface area (Å²) in [4.78, 5) is 2.39. The van der Waals surface area contributed by atoms with E-state index in [-0.39, 0.29) is 10.8 Å². The Morgan fingerprint density at radius 3 is 1.71 bits per heavy atom. The predicted molar refractivity (Wildman–Crippen MR) is 121 cm³/mol. The van der Waals surface area contributed by atoms with Crippen molar-refractivity contribution in [1.29, 1.82) is 0 Å². The van der Waals surface area contributed by atoms with Crippen molar-refractivity contribution in [3.05, 3.63) is 70.3 Å². The standard InChI is InChI=1S/C26H39NO/c1-24(2,3)22-13-11-10-12-19(22)17-27(9)18-20-14-15-21(26(7,8)28)16-23(20)25(4,5)6/h10-16,28H,17-18H2,1-9H3. The molecule has 0 aliphatic heterocycles. The molecule has 2 rings (SSSR count). The van der Waals surface area contributed by atoms with Gasteiger partial charge in [-0.25, -0.2) is 0 Å². The second kappa shape index (κ2) is 8.00. The van der Waals surface area contributed by atoms with E-state index in [2.05, 4.69) is 96.0 Å². The first-order valence-electron chi connectivity index (χ1n) is 10.3. The molecule has 0 aromatic heterocycles. The summed E-state index contributed by atoms with van der Waals surface area (Å²) in [7, 11) is 2.19.